The molecule has 33 heavy (non-hydrogen) atoms. The number of carbonyl (C=O) groups excluding carboxylic acids is 2. The highest BCUT2D eigenvalue weighted by atomic mass is 19.4. The average Bonchev–Trinajstić information content (AvgIpc) is 3.02. The summed E-state index contributed by atoms with van der Waals surface area (Å²) in [7, 11) is 0. The molecule has 0 fully saturated rings. The number of anilines is 1. The summed E-state index contributed by atoms with van der Waals surface area (Å²) in [5.41, 5.74) is 6.96. The van der Waals surface area contributed by atoms with Gasteiger partial charge in [-0.15, -0.1) is 0 Å². The summed E-state index contributed by atoms with van der Waals surface area (Å²) in [4.78, 5) is 24.0. The van der Waals surface area contributed by atoms with E-state index in [1.165, 1.54) is 17.8 Å². The van der Waals surface area contributed by atoms with Gasteiger partial charge in [-0.25, -0.2) is 5.43 Å². The van der Waals surface area contributed by atoms with Gasteiger partial charge in [-0.2, -0.15) is 18.3 Å². The number of amides is 2. The van der Waals surface area contributed by atoms with Crippen LogP contribution >= 0.6 is 0 Å². The molecule has 0 atom stereocenters. The van der Waals surface area contributed by atoms with E-state index in [-0.39, 0.29) is 5.69 Å². The van der Waals surface area contributed by atoms with Crippen molar-refractivity contribution in [1.82, 2.24) is 9.99 Å². The fraction of sp³-hybridized carbons (Fsp3) is 0.208. The Labute approximate surface area is 189 Å². The van der Waals surface area contributed by atoms with Crippen molar-refractivity contribution < 1.29 is 22.8 Å². The van der Waals surface area contributed by atoms with Gasteiger partial charge in [0.05, 0.1) is 11.8 Å². The van der Waals surface area contributed by atoms with Gasteiger partial charge in [0.25, 0.3) is 0 Å². The molecule has 2 aromatic carbocycles. The summed E-state index contributed by atoms with van der Waals surface area (Å²) >= 11 is 0. The van der Waals surface area contributed by atoms with E-state index in [0.29, 0.717) is 0 Å². The number of hydrogen-bond acceptors (Lipinski definition) is 3. The molecule has 9 heteroatoms. The van der Waals surface area contributed by atoms with Gasteiger partial charge < -0.3 is 9.88 Å². The summed E-state index contributed by atoms with van der Waals surface area (Å²) < 4.78 is 40.4. The van der Waals surface area contributed by atoms with E-state index in [4.69, 9.17) is 0 Å². The summed E-state index contributed by atoms with van der Waals surface area (Å²) in [6.07, 6.45) is -3.15. The Morgan fingerprint density at radius 2 is 1.67 bits per heavy atom. The SMILES string of the molecule is Cc1ccc(-n2c(C)cc(/C=N\NC(=O)C(=O)Nc3cccc(C(F)(F)F)c3)c2C)cc1C. The van der Waals surface area contributed by atoms with Crippen LogP contribution in [0.4, 0.5) is 18.9 Å². The number of hydrogen-bond donors (Lipinski definition) is 2. The maximum absolute atomic E-state index is 12.8. The van der Waals surface area contributed by atoms with Gasteiger partial charge in [0.1, 0.15) is 0 Å². The van der Waals surface area contributed by atoms with E-state index >= 15 is 0 Å². The third-order valence-electron chi connectivity index (χ3n) is 5.24. The van der Waals surface area contributed by atoms with Gasteiger partial charge in [0.15, 0.2) is 0 Å². The lowest BCUT2D eigenvalue weighted by Gasteiger charge is -2.11. The summed E-state index contributed by atoms with van der Waals surface area (Å²) in [6.45, 7) is 7.93. The zero-order valence-corrected chi connectivity index (χ0v) is 18.5. The quantitative estimate of drug-likeness (QED) is 0.336. The van der Waals surface area contributed by atoms with Crippen molar-refractivity contribution in [3.8, 4) is 5.69 Å². The van der Waals surface area contributed by atoms with Crippen molar-refractivity contribution in [1.29, 1.82) is 0 Å². The van der Waals surface area contributed by atoms with Crippen molar-refractivity contribution in [2.45, 2.75) is 33.9 Å². The molecule has 172 valence electrons. The number of nitrogens with zero attached hydrogens (tertiary/aromatic N) is 2. The minimum atomic E-state index is -4.56. The number of alkyl halides is 3. The number of benzene rings is 2. The number of hydrazone groups is 1. The molecule has 0 spiro atoms. The summed E-state index contributed by atoms with van der Waals surface area (Å²) in [6, 6.07) is 12.0. The van der Waals surface area contributed by atoms with Crippen LogP contribution in [0.15, 0.2) is 53.6 Å². The van der Waals surface area contributed by atoms with E-state index in [1.807, 2.05) is 45.9 Å². The zero-order chi connectivity index (χ0) is 24.3. The molecule has 0 aliphatic rings. The van der Waals surface area contributed by atoms with Crippen LogP contribution in [0.5, 0.6) is 0 Å². The number of carbonyl (C=O) groups is 2. The first-order valence-corrected chi connectivity index (χ1v) is 10.1. The van der Waals surface area contributed by atoms with Crippen LogP contribution < -0.4 is 10.7 Å². The topological polar surface area (TPSA) is 75.5 Å². The summed E-state index contributed by atoms with van der Waals surface area (Å²) in [5, 5.41) is 5.95. The van der Waals surface area contributed by atoms with Crippen molar-refractivity contribution in [2.75, 3.05) is 5.32 Å². The Hall–Kier alpha value is -3.88. The zero-order valence-electron chi connectivity index (χ0n) is 18.5. The molecule has 2 N–H and O–H groups in total. The second-order valence-electron chi connectivity index (χ2n) is 7.66. The number of rotatable bonds is 4. The highest BCUT2D eigenvalue weighted by Crippen LogP contribution is 2.30. The molecule has 0 unspecified atom stereocenters. The molecule has 0 radical (unpaired) electrons. The lowest BCUT2D eigenvalue weighted by Crippen LogP contribution is -2.32. The minimum Gasteiger partial charge on any atom is -0.318 e. The van der Waals surface area contributed by atoms with E-state index in [2.05, 4.69) is 26.5 Å². The fourth-order valence-corrected chi connectivity index (χ4v) is 3.35. The van der Waals surface area contributed by atoms with Gasteiger partial charge in [-0.3, -0.25) is 9.59 Å². The van der Waals surface area contributed by atoms with Gasteiger partial charge in [-0.05, 0) is 75.2 Å². The highest BCUT2D eigenvalue weighted by Gasteiger charge is 2.30. The van der Waals surface area contributed by atoms with Crippen LogP contribution in [0.2, 0.25) is 0 Å². The van der Waals surface area contributed by atoms with Crippen molar-refractivity contribution >= 4 is 23.7 Å². The minimum absolute atomic E-state index is 0.147. The normalized spacial score (nSPS) is 11.6. The largest absolute Gasteiger partial charge is 0.416 e. The van der Waals surface area contributed by atoms with Gasteiger partial charge in [0.2, 0.25) is 0 Å². The fourth-order valence-electron chi connectivity index (χ4n) is 3.35. The molecule has 0 aliphatic heterocycles. The van der Waals surface area contributed by atoms with Crippen molar-refractivity contribution in [3.05, 3.63) is 82.2 Å². The standard InChI is InChI=1S/C24H23F3N4O2/c1-14-8-9-21(10-15(14)2)31-16(3)11-18(17(31)4)13-28-30-23(33)22(32)29-20-7-5-6-19(12-20)24(25,26)27/h5-13H,1-4H3,(H,29,32)(H,30,33)/b28-13-. The molecule has 0 saturated heterocycles. The van der Waals surface area contributed by atoms with E-state index in [0.717, 1.165) is 46.4 Å². The Morgan fingerprint density at radius 3 is 2.33 bits per heavy atom. The maximum Gasteiger partial charge on any atom is 0.416 e. The second kappa shape index (κ2) is 9.32. The Kier molecular flexibility index (Phi) is 6.71. The Bertz CT molecular complexity index is 1240. The van der Waals surface area contributed by atoms with Crippen LogP contribution in [-0.2, 0) is 15.8 Å². The first-order chi connectivity index (χ1) is 15.5. The van der Waals surface area contributed by atoms with Gasteiger partial charge in [0, 0.05) is 28.3 Å². The molecule has 0 aliphatic carbocycles. The monoisotopic (exact) mass is 456 g/mol. The number of halogens is 3. The maximum atomic E-state index is 12.8. The molecular formula is C24H23F3N4O2. The molecule has 3 aromatic rings. The average molecular weight is 456 g/mol. The van der Waals surface area contributed by atoms with Gasteiger partial charge in [-0.1, -0.05) is 12.1 Å². The van der Waals surface area contributed by atoms with Crippen LogP contribution in [-0.4, -0.2) is 22.6 Å². The Morgan fingerprint density at radius 1 is 0.939 bits per heavy atom. The third kappa shape index (κ3) is 5.49. The predicted molar refractivity (Wildman–Crippen MR) is 121 cm³/mol. The van der Waals surface area contributed by atoms with E-state index in [1.54, 1.807) is 0 Å². The second-order valence-corrected chi connectivity index (χ2v) is 7.66. The predicted octanol–water partition coefficient (Wildman–Crippen LogP) is 4.82. The Balaban J connectivity index is 1.68. The van der Waals surface area contributed by atoms with E-state index in [9.17, 15) is 22.8 Å². The smallest absolute Gasteiger partial charge is 0.318 e. The first kappa shape index (κ1) is 23.8. The number of aromatic nitrogens is 1. The molecule has 2 amide bonds. The summed E-state index contributed by atoms with van der Waals surface area (Å²) in [5.74, 6) is -2.24. The first-order valence-electron chi connectivity index (χ1n) is 10.1. The lowest BCUT2D eigenvalue weighted by atomic mass is 10.1. The molecule has 0 saturated carbocycles. The third-order valence-corrected chi connectivity index (χ3v) is 5.24. The van der Waals surface area contributed by atoms with Crippen LogP contribution in [0.25, 0.3) is 5.69 Å². The number of nitrogens with one attached hydrogen (secondary N) is 2. The van der Waals surface area contributed by atoms with Crippen molar-refractivity contribution in [2.24, 2.45) is 5.10 Å². The number of aryl methyl sites for hydroxylation is 3. The molecule has 1 aromatic heterocycles. The van der Waals surface area contributed by atoms with Crippen LogP contribution in [0.1, 0.15) is 33.6 Å². The van der Waals surface area contributed by atoms with Crippen LogP contribution in [0, 0.1) is 27.7 Å². The van der Waals surface area contributed by atoms with Crippen LogP contribution in [0.3, 0.4) is 0 Å². The lowest BCUT2D eigenvalue weighted by molar-refractivity contribution is -0.137. The molecular weight excluding hydrogens is 433 g/mol. The molecule has 6 nitrogen and oxygen atoms in total. The van der Waals surface area contributed by atoms with Crippen molar-refractivity contribution in [3.63, 3.8) is 0 Å². The van der Waals surface area contributed by atoms with E-state index < -0.39 is 23.6 Å². The molecule has 1 heterocycles. The molecule has 3 rings (SSSR count). The molecule has 0 bridgehead atoms. The van der Waals surface area contributed by atoms with Gasteiger partial charge >= 0.3 is 18.0 Å². The highest BCUT2D eigenvalue weighted by molar-refractivity contribution is 6.39.